The van der Waals surface area contributed by atoms with Gasteiger partial charge in [-0.2, -0.15) is 0 Å². The van der Waals surface area contributed by atoms with Crippen molar-refractivity contribution in [1.82, 2.24) is 63.1 Å². The number of aryl methyl sites for hydroxylation is 1. The minimum atomic E-state index is -5.23. The lowest BCUT2D eigenvalue weighted by Gasteiger charge is -2.30. The molecule has 1 aromatic carbocycles. The Labute approximate surface area is 582 Å². The van der Waals surface area contributed by atoms with Gasteiger partial charge in [-0.1, -0.05) is 46.2 Å². The molecule has 27 N–H and O–H groups in total. The third kappa shape index (κ3) is 34.9. The van der Waals surface area contributed by atoms with E-state index in [1.807, 2.05) is 0 Å². The molecule has 10 amide bonds. The fraction of sp³-hybridized carbons (Fsp3) is 0.633. The fourth-order valence-electron chi connectivity index (χ4n) is 9.49. The van der Waals surface area contributed by atoms with Crippen LogP contribution in [-0.2, 0) is 85.5 Å². The molecule has 0 saturated carbocycles. The number of aromatic nitrogens is 2. The molecule has 1 unspecified atom stereocenters. The summed E-state index contributed by atoms with van der Waals surface area (Å²) >= 11 is 0. The van der Waals surface area contributed by atoms with Gasteiger partial charge >= 0.3 is 7.82 Å². The first kappa shape index (κ1) is 87.4. The molecule has 0 fully saturated rings. The number of phosphoric acid groups is 1. The van der Waals surface area contributed by atoms with E-state index in [1.54, 1.807) is 27.7 Å². The number of benzene rings is 1. The number of aromatic amines is 1. The number of ketones is 1. The van der Waals surface area contributed by atoms with E-state index in [1.165, 1.54) is 43.0 Å². The molecule has 0 aliphatic rings. The van der Waals surface area contributed by atoms with E-state index in [0.29, 0.717) is 30.5 Å². The first-order valence-corrected chi connectivity index (χ1v) is 35.8. The molecular weight excluding hydrogens is 1350 g/mol. The number of guanidine groups is 2. The molecule has 562 valence electrons. The summed E-state index contributed by atoms with van der Waals surface area (Å²) in [6.45, 7) is 5.42. The van der Waals surface area contributed by atoms with Gasteiger partial charge in [-0.3, -0.25) is 71.5 Å². The minimum Gasteiger partial charge on any atom is -0.508 e. The van der Waals surface area contributed by atoms with Crippen LogP contribution in [-0.4, -0.2) is 223 Å². The number of nitrogens with zero attached hydrogens (tertiary/aromatic N) is 3. The Morgan fingerprint density at radius 1 is 0.620 bits per heavy atom. The number of aliphatic imine (C=N–C) groups is 2. The molecule has 0 saturated heterocycles. The van der Waals surface area contributed by atoms with Gasteiger partial charge in [0.15, 0.2) is 11.9 Å². The van der Waals surface area contributed by atoms with Crippen molar-refractivity contribution in [3.8, 4) is 5.75 Å². The molecule has 0 spiro atoms. The van der Waals surface area contributed by atoms with E-state index >= 15 is 0 Å². The average Bonchev–Trinajstić information content (AvgIpc) is 0.879. The second-order valence-corrected chi connectivity index (χ2v) is 26.9. The maximum absolute atomic E-state index is 14.6. The zero-order valence-corrected chi connectivity index (χ0v) is 58.9. The van der Waals surface area contributed by atoms with Gasteiger partial charge in [0.25, 0.3) is 0 Å². The van der Waals surface area contributed by atoms with Crippen molar-refractivity contribution in [1.29, 1.82) is 0 Å². The monoisotopic (exact) mass is 1450 g/mol. The van der Waals surface area contributed by atoms with Crippen LogP contribution in [0.4, 0.5) is 0 Å². The highest BCUT2D eigenvalue weighted by Gasteiger charge is 2.38. The number of hydrogen-bond acceptors (Lipinski definition) is 21. The molecule has 0 bridgehead atoms. The number of nitrogens with two attached hydrogens (primary N) is 6. The van der Waals surface area contributed by atoms with Crippen molar-refractivity contribution < 1.29 is 86.0 Å². The average molecular weight is 1460 g/mol. The van der Waals surface area contributed by atoms with Crippen LogP contribution < -0.4 is 87.6 Å². The van der Waals surface area contributed by atoms with E-state index in [9.17, 15) is 81.5 Å². The highest BCUT2D eigenvalue weighted by molar-refractivity contribution is 7.84. The van der Waals surface area contributed by atoms with Crippen LogP contribution >= 0.6 is 7.82 Å². The Kier molecular flexibility index (Phi) is 40.1. The van der Waals surface area contributed by atoms with Gasteiger partial charge in [0.1, 0.15) is 65.9 Å². The van der Waals surface area contributed by atoms with E-state index in [2.05, 4.69) is 77.6 Å². The molecule has 40 heteroatoms. The van der Waals surface area contributed by atoms with Gasteiger partial charge in [0.05, 0.1) is 32.1 Å². The number of carbonyl (C=O) groups excluding carboxylic acids is 11. The van der Waals surface area contributed by atoms with Crippen LogP contribution in [0.3, 0.4) is 0 Å². The highest BCUT2D eigenvalue weighted by atomic mass is 32.2. The summed E-state index contributed by atoms with van der Waals surface area (Å²) in [5, 5.41) is 45.9. The molecule has 0 aliphatic heterocycles. The number of aromatic hydroxyl groups is 1. The number of phosphoric ester groups is 1. The summed E-state index contributed by atoms with van der Waals surface area (Å²) in [7, 11) is -6.78. The summed E-state index contributed by atoms with van der Waals surface area (Å²) in [6, 6.07) is -9.64. The van der Waals surface area contributed by atoms with Crippen molar-refractivity contribution in [3.63, 3.8) is 0 Å². The van der Waals surface area contributed by atoms with Gasteiger partial charge in [-0.05, 0) is 114 Å². The predicted octanol–water partition coefficient (Wildman–Crippen LogP) is -6.12. The van der Waals surface area contributed by atoms with Crippen LogP contribution in [0.25, 0.3) is 0 Å². The Bertz CT molecular complexity index is 3120. The number of Topliss-reactive ketones (excluding diaryl/α,β-unsaturated/α-hetero) is 1. The zero-order chi connectivity index (χ0) is 75.2. The number of H-pyrrole nitrogens is 1. The molecule has 38 nitrogen and oxygen atoms in total. The van der Waals surface area contributed by atoms with Crippen molar-refractivity contribution in [2.45, 2.75) is 179 Å². The maximum Gasteiger partial charge on any atom is 0.469 e. The molecule has 1 aromatic heterocycles. The van der Waals surface area contributed by atoms with Gasteiger partial charge in [0.2, 0.25) is 59.1 Å². The summed E-state index contributed by atoms with van der Waals surface area (Å²) < 4.78 is 28.7. The smallest absolute Gasteiger partial charge is 0.469 e. The lowest BCUT2D eigenvalue weighted by Crippen LogP contribution is -2.62. The Balaban J connectivity index is 2.55. The number of aliphatic hydroxyl groups is 1. The van der Waals surface area contributed by atoms with Crippen molar-refractivity contribution >= 4 is 95.4 Å². The predicted molar refractivity (Wildman–Crippen MR) is 368 cm³/mol. The number of hydrogen-bond donors (Lipinski definition) is 21. The summed E-state index contributed by atoms with van der Waals surface area (Å²) in [5.41, 5.74) is 34.5. The zero-order valence-electron chi connectivity index (χ0n) is 57.2. The van der Waals surface area contributed by atoms with E-state index in [-0.39, 0.29) is 107 Å². The Morgan fingerprint density at radius 2 is 1.10 bits per heavy atom. The van der Waals surface area contributed by atoms with Crippen molar-refractivity contribution in [3.05, 3.63) is 48.0 Å². The second kappa shape index (κ2) is 45.8. The number of unbranched alkanes of at least 4 members (excludes halogenated alkanes) is 2. The molecule has 2 rings (SSSR count). The number of aliphatic hydroxyl groups excluding tert-OH is 1. The summed E-state index contributed by atoms with van der Waals surface area (Å²) in [5.74, 6) is -12.1. The number of imidazole rings is 1. The van der Waals surface area contributed by atoms with Crippen LogP contribution in [0.15, 0.2) is 46.8 Å². The van der Waals surface area contributed by atoms with Gasteiger partial charge < -0.3 is 113 Å². The fourth-order valence-corrected chi connectivity index (χ4v) is 10.4. The van der Waals surface area contributed by atoms with Gasteiger partial charge in [-0.25, -0.2) is 9.55 Å². The van der Waals surface area contributed by atoms with E-state index < -0.39 is 175 Å². The van der Waals surface area contributed by atoms with Crippen molar-refractivity contribution in [2.75, 3.05) is 51.4 Å². The van der Waals surface area contributed by atoms with Crippen LogP contribution in [0.1, 0.15) is 117 Å². The number of amides is 10. The lowest BCUT2D eigenvalue weighted by atomic mass is 9.96. The van der Waals surface area contributed by atoms with Crippen LogP contribution in [0.2, 0.25) is 0 Å². The number of nitrogens with one attached hydrogen (secondary N) is 11. The Morgan fingerprint density at radius 3 is 1.61 bits per heavy atom. The number of phenolic OH excluding ortho intramolecular Hbond substituents is 1. The van der Waals surface area contributed by atoms with Gasteiger partial charge in [0, 0.05) is 54.2 Å². The van der Waals surface area contributed by atoms with Crippen LogP contribution in [0.5, 0.6) is 5.75 Å². The quantitative estimate of drug-likeness (QED) is 0.0127. The number of carbonyl (C=O) groups is 11. The number of rotatable bonds is 49. The molecule has 0 radical (unpaired) electrons. The third-order valence-electron chi connectivity index (χ3n) is 15.3. The third-order valence-corrected chi connectivity index (χ3v) is 16.6. The second-order valence-electron chi connectivity index (χ2n) is 24.1. The largest absolute Gasteiger partial charge is 0.508 e. The molecule has 12 atom stereocenters. The summed E-state index contributed by atoms with van der Waals surface area (Å²) in [4.78, 5) is 186. The molecule has 100 heavy (non-hydrogen) atoms. The SMILES string of the molecule is CC[C@H](C)[C@H](NC(=O)[C@H](N)CCCN=C(N)N)C(=O)N[C@H](CCc1cnc[nH]1)C(=O)N[C@@H](CCS(C)=O)C(=O)N[C@H](C(=O)N[C@@H](Cc1ccc(O)cc1)C(=O)N[C@@H](CO)C(=O)N[C@@H](CCCCN)C(=O)N[C@H](CCCCN=C(N)N)C(=O)N[C@@H](COP(=O)(O)O)C(=O)NCC(C)=O)C(C)C. The summed E-state index contributed by atoms with van der Waals surface area (Å²) in [6.07, 6.45) is 5.21. The minimum absolute atomic E-state index is 0.0728. The normalized spacial score (nSPS) is 14.9. The topological polar surface area (TPSA) is 642 Å². The standard InChI is InChI=1S/C60H103N20O18PS/c1-7-34(4)48(80-49(84)39(62)13-12-25-69-60(65)66)58(93)75-42(21-18-37-29-67-32-71-37)53(88)74-43(22-26-100(6)97)54(89)79-47(33(2)3)57(92)76-44(27-36-16-19-38(83)20-17-36)55(90)77-45(30-81)56(91)73-40(14-8-10-23-61)51(86)72-41(15-9-11-24-68-59(63)64)52(87)78-46(31-98-99(94,95)96)50(85)70-28-35(5)82/h16-17,19-20,29,32-34,39-48,81,83H,7-15,18,21-28,30-31,61-62H2,1-6H3,(H,67,71)(H,70,85)(H,72,86)(H,73,91)(H,74,88)(H,75,93)(H,76,92)(H,77,90)(H,78,87)(H,79,89)(H,80,84)(H4,63,64,68)(H4,65,66,69)(H2,94,95,96)/t34-,39+,40-,41+,42+,43-,44-,45-,46-,47-,48-,100?/m0/s1. The van der Waals surface area contributed by atoms with Gasteiger partial charge in [-0.15, -0.1) is 0 Å². The molecule has 1 heterocycles. The lowest BCUT2D eigenvalue weighted by molar-refractivity contribution is -0.137. The first-order valence-electron chi connectivity index (χ1n) is 32.5. The molecule has 2 aromatic rings. The van der Waals surface area contributed by atoms with E-state index in [0.717, 1.165) is 6.92 Å². The molecular formula is C60H103N20O18PS. The van der Waals surface area contributed by atoms with Crippen LogP contribution in [0, 0.1) is 11.8 Å². The number of phenols is 1. The molecule has 0 aliphatic carbocycles. The van der Waals surface area contributed by atoms with Crippen molar-refractivity contribution in [2.24, 2.45) is 56.2 Å². The highest BCUT2D eigenvalue weighted by Crippen LogP contribution is 2.35. The maximum atomic E-state index is 14.6. The first-order chi connectivity index (χ1) is 47.1. The Hall–Kier alpha value is -8.72. The van der Waals surface area contributed by atoms with E-state index in [4.69, 9.17) is 34.4 Å².